The average molecular weight is 302 g/mol. The molecule has 6 nitrogen and oxygen atoms in total. The smallest absolute Gasteiger partial charge is 0.184 e. The van der Waals surface area contributed by atoms with Gasteiger partial charge >= 0.3 is 0 Å². The molecule has 0 saturated heterocycles. The van der Waals surface area contributed by atoms with Crippen LogP contribution in [0.25, 0.3) is 11.5 Å². The fourth-order valence-corrected chi connectivity index (χ4v) is 2.55. The van der Waals surface area contributed by atoms with Crippen LogP contribution in [-0.4, -0.2) is 36.6 Å². The molecule has 0 aliphatic rings. The van der Waals surface area contributed by atoms with E-state index in [2.05, 4.69) is 15.1 Å². The van der Waals surface area contributed by atoms with E-state index in [0.29, 0.717) is 23.9 Å². The first-order chi connectivity index (χ1) is 10.3. The average Bonchev–Trinajstić information content (AvgIpc) is 3.17. The van der Waals surface area contributed by atoms with Crippen molar-refractivity contribution in [2.24, 2.45) is 0 Å². The van der Waals surface area contributed by atoms with Gasteiger partial charge in [0, 0.05) is 5.38 Å². The quantitative estimate of drug-likeness (QED) is 0.745. The predicted octanol–water partition coefficient (Wildman–Crippen LogP) is 1.48. The summed E-state index contributed by atoms with van der Waals surface area (Å²) in [5.41, 5.74) is 3.12. The summed E-state index contributed by atoms with van der Waals surface area (Å²) >= 11 is 1.46. The van der Waals surface area contributed by atoms with Crippen molar-refractivity contribution in [1.82, 2.24) is 19.7 Å². The normalized spacial score (nSPS) is 12.5. The van der Waals surface area contributed by atoms with Gasteiger partial charge in [-0.1, -0.05) is 30.3 Å². The number of nitrogens with zero attached hydrogens (tertiary/aromatic N) is 4. The number of thiazole rings is 1. The number of aromatic nitrogens is 4. The standard InChI is InChI=1S/C14H14N4O2S/c19-7-6-18-14(11-8-21-9-15-11)16-13(17-18)12(20)10-4-2-1-3-5-10/h1-5,8-9,12,19-20H,6-7H2/t12-/m1/s1. The van der Waals surface area contributed by atoms with Crippen LogP contribution in [0.4, 0.5) is 0 Å². The van der Waals surface area contributed by atoms with Crippen LogP contribution in [0.5, 0.6) is 0 Å². The highest BCUT2D eigenvalue weighted by Gasteiger charge is 2.20. The third-order valence-electron chi connectivity index (χ3n) is 3.02. The molecule has 2 N–H and O–H groups in total. The van der Waals surface area contributed by atoms with E-state index in [1.807, 2.05) is 35.7 Å². The van der Waals surface area contributed by atoms with Gasteiger partial charge in [-0.25, -0.2) is 14.6 Å². The molecule has 0 amide bonds. The van der Waals surface area contributed by atoms with Gasteiger partial charge in [-0.3, -0.25) is 0 Å². The molecule has 0 aliphatic heterocycles. The van der Waals surface area contributed by atoms with E-state index in [9.17, 15) is 5.11 Å². The van der Waals surface area contributed by atoms with Crippen molar-refractivity contribution in [3.05, 3.63) is 52.6 Å². The topological polar surface area (TPSA) is 84.1 Å². The summed E-state index contributed by atoms with van der Waals surface area (Å²) in [4.78, 5) is 8.59. The van der Waals surface area contributed by atoms with Crippen LogP contribution in [0.1, 0.15) is 17.5 Å². The van der Waals surface area contributed by atoms with Gasteiger partial charge < -0.3 is 10.2 Å². The molecule has 0 aliphatic carbocycles. The van der Waals surface area contributed by atoms with Gasteiger partial charge in [-0.05, 0) is 5.56 Å². The number of aliphatic hydroxyl groups excluding tert-OH is 2. The lowest BCUT2D eigenvalue weighted by Crippen LogP contribution is -2.07. The number of aliphatic hydroxyl groups is 2. The summed E-state index contributed by atoms with van der Waals surface area (Å²) in [6.07, 6.45) is -0.900. The largest absolute Gasteiger partial charge is 0.394 e. The van der Waals surface area contributed by atoms with Gasteiger partial charge in [0.05, 0.1) is 18.7 Å². The highest BCUT2D eigenvalue weighted by Crippen LogP contribution is 2.23. The van der Waals surface area contributed by atoms with E-state index >= 15 is 0 Å². The number of rotatable bonds is 5. The molecule has 3 aromatic rings. The first-order valence-corrected chi connectivity index (χ1v) is 7.41. The minimum absolute atomic E-state index is 0.0542. The van der Waals surface area contributed by atoms with Gasteiger partial charge in [0.1, 0.15) is 11.8 Å². The van der Waals surface area contributed by atoms with E-state index in [0.717, 1.165) is 5.56 Å². The van der Waals surface area contributed by atoms with E-state index in [1.54, 1.807) is 10.2 Å². The second-order valence-corrected chi connectivity index (χ2v) is 5.15. The molecule has 0 saturated carbocycles. The fraction of sp³-hybridized carbons (Fsp3) is 0.214. The second kappa shape index (κ2) is 6.13. The highest BCUT2D eigenvalue weighted by molar-refractivity contribution is 7.07. The molecular weight excluding hydrogens is 288 g/mol. The number of hydrogen-bond donors (Lipinski definition) is 2. The Morgan fingerprint density at radius 3 is 2.71 bits per heavy atom. The van der Waals surface area contributed by atoms with Crippen LogP contribution < -0.4 is 0 Å². The maximum atomic E-state index is 10.4. The SMILES string of the molecule is OCCn1nc([C@H](O)c2ccccc2)nc1-c1cscn1. The molecule has 3 rings (SSSR count). The van der Waals surface area contributed by atoms with Gasteiger partial charge in [-0.2, -0.15) is 5.10 Å². The Hall–Kier alpha value is -2.09. The second-order valence-electron chi connectivity index (χ2n) is 4.43. The molecule has 2 heterocycles. The maximum absolute atomic E-state index is 10.4. The van der Waals surface area contributed by atoms with Crippen molar-refractivity contribution < 1.29 is 10.2 Å². The lowest BCUT2D eigenvalue weighted by Gasteiger charge is -2.05. The minimum Gasteiger partial charge on any atom is -0.394 e. The summed E-state index contributed by atoms with van der Waals surface area (Å²) in [5, 5.41) is 25.7. The Bertz CT molecular complexity index is 697. The van der Waals surface area contributed by atoms with Gasteiger partial charge in [0.25, 0.3) is 0 Å². The minimum atomic E-state index is -0.900. The van der Waals surface area contributed by atoms with Gasteiger partial charge in [0.2, 0.25) is 0 Å². The summed E-state index contributed by atoms with van der Waals surface area (Å²) in [6.45, 7) is 0.253. The van der Waals surface area contributed by atoms with Crippen molar-refractivity contribution in [2.45, 2.75) is 12.6 Å². The van der Waals surface area contributed by atoms with Crippen molar-refractivity contribution >= 4 is 11.3 Å². The third kappa shape index (κ3) is 2.85. The highest BCUT2D eigenvalue weighted by atomic mass is 32.1. The summed E-state index contributed by atoms with van der Waals surface area (Å²) < 4.78 is 1.57. The van der Waals surface area contributed by atoms with Crippen molar-refractivity contribution in [1.29, 1.82) is 0 Å². The number of hydrogen-bond acceptors (Lipinski definition) is 6. The van der Waals surface area contributed by atoms with Crippen LogP contribution in [0, 0.1) is 0 Å². The molecule has 0 fully saturated rings. The molecule has 21 heavy (non-hydrogen) atoms. The molecule has 2 aromatic heterocycles. The zero-order valence-corrected chi connectivity index (χ0v) is 11.9. The molecule has 0 radical (unpaired) electrons. The predicted molar refractivity (Wildman–Crippen MR) is 78.7 cm³/mol. The number of benzene rings is 1. The van der Waals surface area contributed by atoms with E-state index in [1.165, 1.54) is 11.3 Å². The Morgan fingerprint density at radius 1 is 1.24 bits per heavy atom. The van der Waals surface area contributed by atoms with E-state index < -0.39 is 6.10 Å². The molecule has 0 spiro atoms. The Morgan fingerprint density at radius 2 is 2.05 bits per heavy atom. The van der Waals surface area contributed by atoms with E-state index in [-0.39, 0.29) is 6.61 Å². The van der Waals surface area contributed by atoms with Crippen LogP contribution in [-0.2, 0) is 6.54 Å². The monoisotopic (exact) mass is 302 g/mol. The molecule has 7 heteroatoms. The van der Waals surface area contributed by atoms with E-state index in [4.69, 9.17) is 5.11 Å². The third-order valence-corrected chi connectivity index (χ3v) is 3.61. The van der Waals surface area contributed by atoms with Crippen molar-refractivity contribution in [3.8, 4) is 11.5 Å². The summed E-state index contributed by atoms with van der Waals surface area (Å²) in [6, 6.07) is 9.23. The zero-order valence-electron chi connectivity index (χ0n) is 11.1. The van der Waals surface area contributed by atoms with Crippen LogP contribution in [0.3, 0.4) is 0 Å². The molecule has 1 aromatic carbocycles. The van der Waals surface area contributed by atoms with Crippen molar-refractivity contribution in [2.75, 3.05) is 6.61 Å². The molecule has 0 unspecified atom stereocenters. The zero-order chi connectivity index (χ0) is 14.7. The molecule has 108 valence electrons. The maximum Gasteiger partial charge on any atom is 0.184 e. The molecular formula is C14H14N4O2S. The Kier molecular flexibility index (Phi) is 4.05. The van der Waals surface area contributed by atoms with Gasteiger partial charge in [-0.15, -0.1) is 11.3 Å². The fourth-order valence-electron chi connectivity index (χ4n) is 2.02. The van der Waals surface area contributed by atoms with Crippen molar-refractivity contribution in [3.63, 3.8) is 0 Å². The lowest BCUT2D eigenvalue weighted by atomic mass is 10.1. The first kappa shape index (κ1) is 13.9. The Labute approximate surface area is 125 Å². The molecule has 1 atom stereocenters. The Balaban J connectivity index is 1.98. The first-order valence-electron chi connectivity index (χ1n) is 6.47. The summed E-state index contributed by atoms with van der Waals surface area (Å²) in [7, 11) is 0. The molecule has 0 bridgehead atoms. The van der Waals surface area contributed by atoms with Crippen LogP contribution in [0.15, 0.2) is 41.2 Å². The van der Waals surface area contributed by atoms with Gasteiger partial charge in [0.15, 0.2) is 11.6 Å². The van der Waals surface area contributed by atoms with Crippen LogP contribution in [0.2, 0.25) is 0 Å². The van der Waals surface area contributed by atoms with Crippen LogP contribution >= 0.6 is 11.3 Å². The lowest BCUT2D eigenvalue weighted by molar-refractivity contribution is 0.208. The summed E-state index contributed by atoms with van der Waals surface area (Å²) in [5.74, 6) is 0.855.